The minimum Gasteiger partial charge on any atom is -0.464 e. The first-order valence-electron chi connectivity index (χ1n) is 5.68. The second kappa shape index (κ2) is 4.29. The Labute approximate surface area is 105 Å². The van der Waals surface area contributed by atoms with Crippen LogP contribution < -0.4 is 0 Å². The molecule has 1 aromatic carbocycles. The fraction of sp³-hybridized carbons (Fsp3) is 0.286. The van der Waals surface area contributed by atoms with Crippen LogP contribution in [0.1, 0.15) is 38.9 Å². The predicted molar refractivity (Wildman–Crippen MR) is 69.1 cm³/mol. The van der Waals surface area contributed by atoms with Crippen molar-refractivity contribution in [1.29, 1.82) is 0 Å². The second-order valence-electron chi connectivity index (χ2n) is 4.37. The van der Waals surface area contributed by atoms with Crippen LogP contribution in [0.5, 0.6) is 0 Å². The van der Waals surface area contributed by atoms with Gasteiger partial charge in [-0.15, -0.1) is 0 Å². The van der Waals surface area contributed by atoms with E-state index in [9.17, 15) is 9.59 Å². The first-order chi connectivity index (χ1) is 8.47. The third-order valence-electron chi connectivity index (χ3n) is 3.11. The van der Waals surface area contributed by atoms with Crippen LogP contribution in [0.15, 0.2) is 12.1 Å². The number of aryl methyl sites for hydroxylation is 2. The smallest absolute Gasteiger partial charge is 0.355 e. The summed E-state index contributed by atoms with van der Waals surface area (Å²) < 4.78 is 4.71. The molecule has 0 aliphatic carbocycles. The van der Waals surface area contributed by atoms with Crippen molar-refractivity contribution in [2.45, 2.75) is 20.8 Å². The molecule has 4 heteroatoms. The summed E-state index contributed by atoms with van der Waals surface area (Å²) in [5.41, 5.74) is 3.43. The summed E-state index contributed by atoms with van der Waals surface area (Å²) in [6, 6.07) is 3.90. The van der Waals surface area contributed by atoms with Crippen LogP contribution in [0.2, 0.25) is 0 Å². The van der Waals surface area contributed by atoms with Gasteiger partial charge in [-0.05, 0) is 31.9 Å². The number of Topliss-reactive ketones (excluding diaryl/α,β-unsaturated/α-hetero) is 1. The molecule has 18 heavy (non-hydrogen) atoms. The van der Waals surface area contributed by atoms with Gasteiger partial charge < -0.3 is 9.72 Å². The van der Waals surface area contributed by atoms with E-state index in [0.717, 1.165) is 22.0 Å². The molecule has 94 valence electrons. The zero-order chi connectivity index (χ0) is 13.4. The number of fused-ring (bicyclic) bond motifs is 1. The number of hydrogen-bond donors (Lipinski definition) is 1. The lowest BCUT2D eigenvalue weighted by atomic mass is 10.0. The summed E-state index contributed by atoms with van der Waals surface area (Å²) >= 11 is 0. The molecule has 0 saturated carbocycles. The topological polar surface area (TPSA) is 59.2 Å². The van der Waals surface area contributed by atoms with Crippen LogP contribution in [0.4, 0.5) is 0 Å². The van der Waals surface area contributed by atoms with Gasteiger partial charge in [0.25, 0.3) is 0 Å². The highest BCUT2D eigenvalue weighted by atomic mass is 16.5. The Bertz CT molecular complexity index is 653. The van der Waals surface area contributed by atoms with Gasteiger partial charge in [0.1, 0.15) is 5.69 Å². The average molecular weight is 245 g/mol. The molecule has 2 aromatic rings. The quantitative estimate of drug-likeness (QED) is 0.653. The zero-order valence-electron chi connectivity index (χ0n) is 10.9. The number of methoxy groups -OCH3 is 1. The Morgan fingerprint density at radius 2 is 1.78 bits per heavy atom. The number of ether oxygens (including phenoxy) is 1. The molecule has 0 amide bonds. The van der Waals surface area contributed by atoms with E-state index in [1.807, 2.05) is 26.0 Å². The summed E-state index contributed by atoms with van der Waals surface area (Å²) in [6.07, 6.45) is 0. The lowest BCUT2D eigenvalue weighted by Crippen LogP contribution is -2.07. The third kappa shape index (κ3) is 1.70. The molecular weight excluding hydrogens is 230 g/mol. The fourth-order valence-electron chi connectivity index (χ4n) is 2.21. The zero-order valence-corrected chi connectivity index (χ0v) is 10.9. The molecule has 0 aliphatic heterocycles. The Hall–Kier alpha value is -2.10. The van der Waals surface area contributed by atoms with E-state index in [-0.39, 0.29) is 11.5 Å². The van der Waals surface area contributed by atoms with Crippen LogP contribution in [0, 0.1) is 13.8 Å². The van der Waals surface area contributed by atoms with Crippen molar-refractivity contribution in [3.63, 3.8) is 0 Å². The highest BCUT2D eigenvalue weighted by Crippen LogP contribution is 2.29. The standard InChI is InChI=1S/C14H15NO3/c1-7-5-6-8(2)12-10(7)11(9(3)16)13(15-12)14(17)18-4/h5-6,15H,1-4H3. The van der Waals surface area contributed by atoms with Crippen molar-refractivity contribution in [2.75, 3.05) is 7.11 Å². The predicted octanol–water partition coefficient (Wildman–Crippen LogP) is 2.77. The molecule has 0 unspecified atom stereocenters. The number of aromatic amines is 1. The normalized spacial score (nSPS) is 10.7. The highest BCUT2D eigenvalue weighted by molar-refractivity contribution is 6.15. The van der Waals surface area contributed by atoms with Gasteiger partial charge >= 0.3 is 5.97 Å². The van der Waals surface area contributed by atoms with E-state index in [4.69, 9.17) is 4.74 Å². The first kappa shape index (κ1) is 12.4. The van der Waals surface area contributed by atoms with Crippen LogP contribution in [0.25, 0.3) is 10.9 Å². The number of rotatable bonds is 2. The van der Waals surface area contributed by atoms with Gasteiger partial charge in [0.2, 0.25) is 0 Å². The van der Waals surface area contributed by atoms with Gasteiger partial charge in [-0.2, -0.15) is 0 Å². The molecular formula is C14H15NO3. The summed E-state index contributed by atoms with van der Waals surface area (Å²) in [6.45, 7) is 5.31. The molecule has 2 rings (SSSR count). The van der Waals surface area contributed by atoms with Gasteiger partial charge in [0.15, 0.2) is 5.78 Å². The summed E-state index contributed by atoms with van der Waals surface area (Å²) in [5.74, 6) is -0.662. The highest BCUT2D eigenvalue weighted by Gasteiger charge is 2.23. The molecule has 4 nitrogen and oxygen atoms in total. The number of benzene rings is 1. The maximum absolute atomic E-state index is 11.8. The van der Waals surface area contributed by atoms with Crippen molar-refractivity contribution in [2.24, 2.45) is 0 Å². The number of H-pyrrole nitrogens is 1. The van der Waals surface area contributed by atoms with Gasteiger partial charge in [-0.1, -0.05) is 12.1 Å². The molecule has 0 spiro atoms. The maximum Gasteiger partial charge on any atom is 0.355 e. The molecule has 1 N–H and O–H groups in total. The molecule has 0 fully saturated rings. The van der Waals surface area contributed by atoms with Crippen molar-refractivity contribution in [3.05, 3.63) is 34.5 Å². The monoisotopic (exact) mass is 245 g/mol. The largest absolute Gasteiger partial charge is 0.464 e. The fourth-order valence-corrected chi connectivity index (χ4v) is 2.21. The second-order valence-corrected chi connectivity index (χ2v) is 4.37. The number of aromatic nitrogens is 1. The van der Waals surface area contributed by atoms with E-state index in [2.05, 4.69) is 4.98 Å². The minimum absolute atomic E-state index is 0.143. The molecule has 0 atom stereocenters. The number of nitrogens with one attached hydrogen (secondary N) is 1. The minimum atomic E-state index is -0.518. The number of esters is 1. The molecule has 0 saturated heterocycles. The van der Waals surface area contributed by atoms with E-state index < -0.39 is 5.97 Å². The van der Waals surface area contributed by atoms with Gasteiger partial charge in [-0.3, -0.25) is 4.79 Å². The molecule has 0 aliphatic rings. The SMILES string of the molecule is COC(=O)c1[nH]c2c(C)ccc(C)c2c1C(C)=O. The molecule has 1 heterocycles. The summed E-state index contributed by atoms with van der Waals surface area (Å²) in [4.78, 5) is 26.5. The van der Waals surface area contributed by atoms with Crippen LogP contribution >= 0.6 is 0 Å². The lowest BCUT2D eigenvalue weighted by Gasteiger charge is -2.02. The molecule has 1 aromatic heterocycles. The van der Waals surface area contributed by atoms with Gasteiger partial charge in [-0.25, -0.2) is 4.79 Å². The van der Waals surface area contributed by atoms with Crippen LogP contribution in [0.3, 0.4) is 0 Å². The van der Waals surface area contributed by atoms with Gasteiger partial charge in [0.05, 0.1) is 18.2 Å². The van der Waals surface area contributed by atoms with Crippen molar-refractivity contribution >= 4 is 22.7 Å². The number of carbonyl (C=O) groups excluding carboxylic acids is 2. The number of hydrogen-bond acceptors (Lipinski definition) is 3. The maximum atomic E-state index is 11.8. The van der Waals surface area contributed by atoms with Gasteiger partial charge in [0, 0.05) is 5.39 Å². The molecule has 0 radical (unpaired) electrons. The van der Waals surface area contributed by atoms with Crippen LogP contribution in [-0.2, 0) is 4.74 Å². The first-order valence-corrected chi connectivity index (χ1v) is 5.68. The third-order valence-corrected chi connectivity index (χ3v) is 3.11. The van der Waals surface area contributed by atoms with Crippen molar-refractivity contribution < 1.29 is 14.3 Å². The Morgan fingerprint density at radius 1 is 1.17 bits per heavy atom. The van der Waals surface area contributed by atoms with Crippen molar-refractivity contribution in [3.8, 4) is 0 Å². The van der Waals surface area contributed by atoms with E-state index in [1.165, 1.54) is 14.0 Å². The summed E-state index contributed by atoms with van der Waals surface area (Å²) in [7, 11) is 1.30. The van der Waals surface area contributed by atoms with E-state index >= 15 is 0 Å². The number of carbonyl (C=O) groups is 2. The Balaban J connectivity index is 2.93. The van der Waals surface area contributed by atoms with E-state index in [0.29, 0.717) is 5.56 Å². The van der Waals surface area contributed by atoms with Crippen molar-refractivity contribution in [1.82, 2.24) is 4.98 Å². The summed E-state index contributed by atoms with van der Waals surface area (Å²) in [5, 5.41) is 0.808. The lowest BCUT2D eigenvalue weighted by molar-refractivity contribution is 0.0591. The van der Waals surface area contributed by atoms with E-state index in [1.54, 1.807) is 0 Å². The Morgan fingerprint density at radius 3 is 2.33 bits per heavy atom. The van der Waals surface area contributed by atoms with Crippen LogP contribution in [-0.4, -0.2) is 23.8 Å². The molecule has 0 bridgehead atoms. The average Bonchev–Trinajstić information content (AvgIpc) is 2.74. The Kier molecular flexibility index (Phi) is 2.95. The number of ketones is 1.